The lowest BCUT2D eigenvalue weighted by atomic mass is 9.91. The van der Waals surface area contributed by atoms with Gasteiger partial charge in [0.05, 0.1) is 25.9 Å². The van der Waals surface area contributed by atoms with Gasteiger partial charge in [0.15, 0.2) is 12.6 Å². The number of rotatable bonds is 15. The highest BCUT2D eigenvalue weighted by Crippen LogP contribution is 2.50. The van der Waals surface area contributed by atoms with Crippen LogP contribution >= 0.6 is 0 Å². The number of allylic oxidation sites excluding steroid dienone is 1. The Bertz CT molecular complexity index is 824. The summed E-state index contributed by atoms with van der Waals surface area (Å²) in [5, 5.41) is 0. The van der Waals surface area contributed by atoms with Crippen molar-refractivity contribution in [1.29, 1.82) is 0 Å². The molecule has 2 saturated heterocycles. The molecule has 0 N–H and O–H groups in total. The number of hydrogen-bond donors (Lipinski definition) is 0. The Hall–Kier alpha value is -1.51. The van der Waals surface area contributed by atoms with Crippen LogP contribution in [-0.2, 0) is 33.2 Å². The molecule has 7 heteroatoms. The lowest BCUT2D eigenvalue weighted by Gasteiger charge is -2.29. The van der Waals surface area contributed by atoms with E-state index >= 15 is 0 Å². The minimum Gasteiger partial charge on any atom is -0.467 e. The van der Waals surface area contributed by atoms with Gasteiger partial charge in [0.1, 0.15) is 6.61 Å². The Morgan fingerprint density at radius 1 is 1.10 bits per heavy atom. The minimum atomic E-state index is -0.371. The number of unbranched alkanes of at least 4 members (excludes halogenated alkanes) is 2. The van der Waals surface area contributed by atoms with Gasteiger partial charge in [-0.05, 0) is 80.8 Å². The molecule has 0 radical (unpaired) electrons. The van der Waals surface area contributed by atoms with E-state index in [4.69, 9.17) is 23.7 Å². The minimum absolute atomic E-state index is 0.0526. The van der Waals surface area contributed by atoms with Gasteiger partial charge in [-0.15, -0.1) is 0 Å². The van der Waals surface area contributed by atoms with Crippen molar-refractivity contribution in [3.8, 4) is 0 Å². The summed E-state index contributed by atoms with van der Waals surface area (Å²) in [7, 11) is 1.37. The van der Waals surface area contributed by atoms with Crippen molar-refractivity contribution >= 4 is 5.97 Å². The molecule has 4 rings (SSSR count). The summed E-state index contributed by atoms with van der Waals surface area (Å²) in [6.45, 7) is 8.36. The number of fused-ring (bicyclic) bond motifs is 1. The van der Waals surface area contributed by atoms with Crippen molar-refractivity contribution in [2.75, 3.05) is 33.5 Å². The second-order valence-electron chi connectivity index (χ2n) is 11.5. The topological polar surface area (TPSA) is 72.5 Å². The summed E-state index contributed by atoms with van der Waals surface area (Å²) in [5.41, 5.74) is 2.19. The normalized spacial score (nSPS) is 31.7. The monoisotopic (exact) mass is 546 g/mol. The van der Waals surface area contributed by atoms with Crippen molar-refractivity contribution in [3.63, 3.8) is 0 Å². The molecule has 1 saturated carbocycles. The molecule has 4 aliphatic rings. The molecule has 0 aromatic rings. The van der Waals surface area contributed by atoms with Crippen molar-refractivity contribution in [2.24, 2.45) is 17.8 Å². The second-order valence-corrected chi connectivity index (χ2v) is 11.5. The standard InChI is InChI=1S/C32H50O7/c1-4-5-6-11-26(38-31-12-7-9-16-36-31)14-15-27-28-19-24(23(2)21-35-22-30(33)34-3)18-25(28)20-29(27)39-32-13-8-10-17-37-32/h14-15,19,25-29,31-32H,2,4-13,16-18,20-22H2,1,3H3/b15-14+/t25-,26-,27+,28-,29+,31?,32?/m0/s1. The molecular weight excluding hydrogens is 496 g/mol. The number of esters is 1. The fourth-order valence-corrected chi connectivity index (χ4v) is 6.38. The molecular formula is C32H50O7. The molecule has 7 atom stereocenters. The Labute approximate surface area is 235 Å². The number of methoxy groups -OCH3 is 1. The number of carbonyl (C=O) groups is 1. The Kier molecular flexibility index (Phi) is 12.5. The van der Waals surface area contributed by atoms with Crippen LogP contribution < -0.4 is 0 Å². The lowest BCUT2D eigenvalue weighted by molar-refractivity contribution is -0.192. The first kappa shape index (κ1) is 30.4. The van der Waals surface area contributed by atoms with E-state index < -0.39 is 0 Å². The quantitative estimate of drug-likeness (QED) is 0.136. The molecule has 0 aromatic heterocycles. The van der Waals surface area contributed by atoms with Gasteiger partial charge in [0.25, 0.3) is 0 Å². The van der Waals surface area contributed by atoms with Crippen LogP contribution in [0.5, 0.6) is 0 Å². The number of hydrogen-bond acceptors (Lipinski definition) is 7. The van der Waals surface area contributed by atoms with Crippen LogP contribution in [0, 0.1) is 17.8 Å². The number of carbonyl (C=O) groups excluding carboxylic acids is 1. The molecule has 2 aliphatic carbocycles. The van der Waals surface area contributed by atoms with E-state index in [-0.39, 0.29) is 43.3 Å². The summed E-state index contributed by atoms with van der Waals surface area (Å²) in [5.74, 6) is 0.766. The third-order valence-electron chi connectivity index (χ3n) is 8.58. The van der Waals surface area contributed by atoms with Crippen molar-refractivity contribution in [2.45, 2.75) is 109 Å². The van der Waals surface area contributed by atoms with Gasteiger partial charge in [-0.1, -0.05) is 51.0 Å². The highest BCUT2D eigenvalue weighted by Gasteiger charge is 2.46. The van der Waals surface area contributed by atoms with Gasteiger partial charge >= 0.3 is 5.97 Å². The molecule has 2 unspecified atom stereocenters. The van der Waals surface area contributed by atoms with Gasteiger partial charge in [0.2, 0.25) is 0 Å². The van der Waals surface area contributed by atoms with E-state index in [9.17, 15) is 4.79 Å². The van der Waals surface area contributed by atoms with E-state index in [1.807, 2.05) is 0 Å². The Balaban J connectivity index is 1.44. The molecule has 0 bridgehead atoms. The van der Waals surface area contributed by atoms with Gasteiger partial charge in [-0.25, -0.2) is 4.79 Å². The fourth-order valence-electron chi connectivity index (χ4n) is 6.38. The zero-order valence-electron chi connectivity index (χ0n) is 24.2. The molecule has 3 fully saturated rings. The third kappa shape index (κ3) is 9.25. The maximum atomic E-state index is 11.4. The van der Waals surface area contributed by atoms with Gasteiger partial charge in [-0.3, -0.25) is 0 Å². The van der Waals surface area contributed by atoms with Gasteiger partial charge in [0, 0.05) is 19.1 Å². The summed E-state index contributed by atoms with van der Waals surface area (Å²) in [6.07, 6.45) is 20.1. The van der Waals surface area contributed by atoms with E-state index in [2.05, 4.69) is 36.5 Å². The summed E-state index contributed by atoms with van der Waals surface area (Å²) >= 11 is 0. The van der Waals surface area contributed by atoms with Crippen molar-refractivity contribution < 1.29 is 33.2 Å². The van der Waals surface area contributed by atoms with Gasteiger partial charge < -0.3 is 28.4 Å². The summed E-state index contributed by atoms with van der Waals surface area (Å²) < 4.78 is 35.2. The highest BCUT2D eigenvalue weighted by atomic mass is 16.7. The van der Waals surface area contributed by atoms with Gasteiger partial charge in [-0.2, -0.15) is 0 Å². The smallest absolute Gasteiger partial charge is 0.331 e. The van der Waals surface area contributed by atoms with Crippen LogP contribution in [-0.4, -0.2) is 64.3 Å². The molecule has 2 heterocycles. The van der Waals surface area contributed by atoms with E-state index in [1.165, 1.54) is 31.9 Å². The van der Waals surface area contributed by atoms with Crippen molar-refractivity contribution in [3.05, 3.63) is 36.0 Å². The first-order valence-corrected chi connectivity index (χ1v) is 15.3. The Morgan fingerprint density at radius 3 is 2.56 bits per heavy atom. The van der Waals surface area contributed by atoms with E-state index in [0.717, 1.165) is 76.6 Å². The number of ether oxygens (including phenoxy) is 6. The summed E-state index contributed by atoms with van der Waals surface area (Å²) in [6, 6.07) is 0. The first-order valence-electron chi connectivity index (χ1n) is 15.3. The predicted molar refractivity (Wildman–Crippen MR) is 150 cm³/mol. The highest BCUT2D eigenvalue weighted by molar-refractivity contribution is 5.70. The predicted octanol–water partition coefficient (Wildman–Crippen LogP) is 6.27. The first-order chi connectivity index (χ1) is 19.1. The van der Waals surface area contributed by atoms with Crippen molar-refractivity contribution in [1.82, 2.24) is 0 Å². The molecule has 7 nitrogen and oxygen atoms in total. The molecule has 220 valence electrons. The fraction of sp³-hybridized carbons (Fsp3) is 0.781. The average Bonchev–Trinajstić information content (AvgIpc) is 3.50. The maximum Gasteiger partial charge on any atom is 0.331 e. The largest absolute Gasteiger partial charge is 0.467 e. The average molecular weight is 547 g/mol. The van der Waals surface area contributed by atoms with Crippen LogP contribution in [0.3, 0.4) is 0 Å². The van der Waals surface area contributed by atoms with E-state index in [1.54, 1.807) is 0 Å². The Morgan fingerprint density at radius 2 is 1.87 bits per heavy atom. The second kappa shape index (κ2) is 16.1. The molecule has 0 spiro atoms. The molecule has 2 aliphatic heterocycles. The summed E-state index contributed by atoms with van der Waals surface area (Å²) in [4.78, 5) is 11.4. The lowest BCUT2D eigenvalue weighted by Crippen LogP contribution is -2.31. The zero-order valence-corrected chi connectivity index (χ0v) is 24.2. The third-order valence-corrected chi connectivity index (χ3v) is 8.58. The molecule has 39 heavy (non-hydrogen) atoms. The van der Waals surface area contributed by atoms with Crippen LogP contribution in [0.4, 0.5) is 0 Å². The van der Waals surface area contributed by atoms with Crippen LogP contribution in [0.1, 0.15) is 84.0 Å². The SMILES string of the molecule is C=C(COCC(=O)OC)C1=C[C@H]2[C@@H](C1)C[C@@H](OC1CCCCO1)[C@@H]2/C=C/[C@H](CCCCC)OC1CCCCO1. The molecule has 0 amide bonds. The molecule has 0 aromatic carbocycles. The zero-order chi connectivity index (χ0) is 27.5. The van der Waals surface area contributed by atoms with Crippen LogP contribution in [0.2, 0.25) is 0 Å². The van der Waals surface area contributed by atoms with Crippen LogP contribution in [0.25, 0.3) is 0 Å². The maximum absolute atomic E-state index is 11.4. The van der Waals surface area contributed by atoms with Crippen LogP contribution in [0.15, 0.2) is 36.0 Å². The van der Waals surface area contributed by atoms with E-state index in [0.29, 0.717) is 18.4 Å².